The van der Waals surface area contributed by atoms with Crippen molar-refractivity contribution in [2.24, 2.45) is 0 Å². The van der Waals surface area contributed by atoms with Crippen LogP contribution in [0, 0.1) is 17.0 Å². The molecule has 0 aliphatic carbocycles. The van der Waals surface area contributed by atoms with Gasteiger partial charge < -0.3 is 14.8 Å². The summed E-state index contributed by atoms with van der Waals surface area (Å²) in [6.45, 7) is -0.281. The highest BCUT2D eigenvalue weighted by Crippen LogP contribution is 2.29. The molecule has 0 saturated carbocycles. The average Bonchev–Trinajstić information content (AvgIpc) is 2.64. The van der Waals surface area contributed by atoms with Crippen LogP contribution in [0.4, 0.5) is 28.9 Å². The Hall–Kier alpha value is -3.37. The van der Waals surface area contributed by atoms with Crippen molar-refractivity contribution in [1.82, 2.24) is 0 Å². The molecule has 1 amide bonds. The van der Waals surface area contributed by atoms with E-state index in [1.54, 1.807) is 18.2 Å². The third-order valence-corrected chi connectivity index (χ3v) is 3.50. The molecule has 0 aromatic heterocycles. The van der Waals surface area contributed by atoms with E-state index in [-0.39, 0.29) is 5.69 Å². The first-order chi connectivity index (χ1) is 13.6. The Balaban J connectivity index is 2.07. The van der Waals surface area contributed by atoms with Gasteiger partial charge in [-0.3, -0.25) is 14.9 Å². The molecule has 0 atom stereocenters. The number of nitro benzene ring substituents is 1. The van der Waals surface area contributed by atoms with Crippen LogP contribution >= 0.6 is 0 Å². The van der Waals surface area contributed by atoms with Gasteiger partial charge in [-0.15, -0.1) is 0 Å². The Morgan fingerprint density at radius 3 is 2.52 bits per heavy atom. The maximum absolute atomic E-state index is 13.0. The van der Waals surface area contributed by atoms with E-state index in [4.69, 9.17) is 4.74 Å². The van der Waals surface area contributed by atoms with Gasteiger partial charge in [0, 0.05) is 12.1 Å². The molecule has 2 aromatic carbocycles. The fraction of sp³-hybridized carbons (Fsp3) is 0.278. The Morgan fingerprint density at radius 2 is 1.90 bits per heavy atom. The third kappa shape index (κ3) is 6.63. The number of halogens is 4. The van der Waals surface area contributed by atoms with Crippen LogP contribution in [-0.2, 0) is 4.79 Å². The van der Waals surface area contributed by atoms with E-state index >= 15 is 0 Å². The number of nitro groups is 1. The molecule has 156 valence electrons. The molecule has 0 unspecified atom stereocenters. The molecule has 0 bridgehead atoms. The number of rotatable bonds is 9. The van der Waals surface area contributed by atoms with Crippen molar-refractivity contribution in [2.45, 2.75) is 19.3 Å². The zero-order valence-corrected chi connectivity index (χ0v) is 15.0. The number of ether oxygens (including phenoxy) is 2. The zero-order chi connectivity index (χ0) is 21.6. The lowest BCUT2D eigenvalue weighted by Gasteiger charge is -2.16. The van der Waals surface area contributed by atoms with Gasteiger partial charge in [0.15, 0.2) is 13.2 Å². The highest BCUT2D eigenvalue weighted by atomic mass is 19.3. The van der Waals surface area contributed by atoms with Crippen molar-refractivity contribution in [3.05, 3.63) is 58.1 Å². The van der Waals surface area contributed by atoms with Crippen LogP contribution in [0.1, 0.15) is 5.56 Å². The Labute approximate surface area is 162 Å². The molecule has 0 radical (unpaired) electrons. The Kier molecular flexibility index (Phi) is 6.97. The molecule has 0 spiro atoms. The minimum absolute atomic E-state index is 0.146. The lowest BCUT2D eigenvalue weighted by Crippen LogP contribution is -2.33. The van der Waals surface area contributed by atoms with Gasteiger partial charge >= 0.3 is 12.3 Å². The van der Waals surface area contributed by atoms with Crippen LogP contribution in [0.2, 0.25) is 0 Å². The van der Waals surface area contributed by atoms with Crippen molar-refractivity contribution in [1.29, 1.82) is 0 Å². The number of alkyl halides is 4. The minimum atomic E-state index is -4.43. The first-order valence-electron chi connectivity index (χ1n) is 8.14. The molecule has 2 rings (SSSR count). The van der Waals surface area contributed by atoms with Crippen LogP contribution < -0.4 is 14.8 Å². The second kappa shape index (κ2) is 9.22. The summed E-state index contributed by atoms with van der Waals surface area (Å²) in [7, 11) is 0. The SMILES string of the molecule is Cc1cccc(OCC(=O)Nc2cc(OCC(F)(F)C(F)F)cc([N+](=O)[O-])c2)c1. The Morgan fingerprint density at radius 1 is 1.17 bits per heavy atom. The monoisotopic (exact) mass is 416 g/mol. The summed E-state index contributed by atoms with van der Waals surface area (Å²) in [5.41, 5.74) is 0.175. The van der Waals surface area contributed by atoms with E-state index in [2.05, 4.69) is 10.1 Å². The zero-order valence-electron chi connectivity index (χ0n) is 15.0. The largest absolute Gasteiger partial charge is 0.487 e. The second-order valence-electron chi connectivity index (χ2n) is 5.98. The standard InChI is InChI=1S/C18H16F4N2O5/c1-11-3-2-4-14(5-11)28-9-16(25)23-12-6-13(24(26)27)8-15(7-12)29-10-18(21,22)17(19)20/h2-8,17H,9-10H2,1H3,(H,23,25). The van der Waals surface area contributed by atoms with Gasteiger partial charge in [-0.2, -0.15) is 8.78 Å². The van der Waals surface area contributed by atoms with Crippen LogP contribution in [0.15, 0.2) is 42.5 Å². The number of carbonyl (C=O) groups excluding carboxylic acids is 1. The van der Waals surface area contributed by atoms with E-state index in [0.717, 1.165) is 23.8 Å². The normalized spacial score (nSPS) is 11.2. The highest BCUT2D eigenvalue weighted by molar-refractivity contribution is 5.92. The first kappa shape index (κ1) is 21.9. The first-order valence-corrected chi connectivity index (χ1v) is 8.14. The second-order valence-corrected chi connectivity index (χ2v) is 5.98. The van der Waals surface area contributed by atoms with E-state index < -0.39 is 47.8 Å². The molecule has 29 heavy (non-hydrogen) atoms. The molecule has 0 fully saturated rings. The number of non-ortho nitro benzene ring substituents is 1. The van der Waals surface area contributed by atoms with Gasteiger partial charge in [-0.05, 0) is 24.6 Å². The van der Waals surface area contributed by atoms with Crippen molar-refractivity contribution >= 4 is 17.3 Å². The number of carbonyl (C=O) groups is 1. The number of hydrogen-bond acceptors (Lipinski definition) is 5. The van der Waals surface area contributed by atoms with Gasteiger partial charge in [-0.25, -0.2) is 8.78 Å². The molecule has 0 aliphatic heterocycles. The lowest BCUT2D eigenvalue weighted by atomic mass is 10.2. The fourth-order valence-corrected chi connectivity index (χ4v) is 2.14. The summed E-state index contributed by atoms with van der Waals surface area (Å²) >= 11 is 0. The van der Waals surface area contributed by atoms with Gasteiger partial charge in [0.05, 0.1) is 16.7 Å². The predicted octanol–water partition coefficient (Wildman–Crippen LogP) is 4.20. The quantitative estimate of drug-likeness (QED) is 0.376. The highest BCUT2D eigenvalue weighted by Gasteiger charge is 2.41. The fourth-order valence-electron chi connectivity index (χ4n) is 2.14. The molecule has 0 aliphatic rings. The van der Waals surface area contributed by atoms with Gasteiger partial charge in [0.25, 0.3) is 11.6 Å². The van der Waals surface area contributed by atoms with E-state index in [9.17, 15) is 32.5 Å². The average molecular weight is 416 g/mol. The predicted molar refractivity (Wildman–Crippen MR) is 94.8 cm³/mol. The molecular formula is C18H16F4N2O5. The molecule has 2 aromatic rings. The summed E-state index contributed by atoms with van der Waals surface area (Å²) in [4.78, 5) is 22.1. The molecular weight excluding hydrogens is 400 g/mol. The molecule has 11 heteroatoms. The summed E-state index contributed by atoms with van der Waals surface area (Å²) in [5, 5.41) is 13.3. The van der Waals surface area contributed by atoms with Gasteiger partial charge in [0.2, 0.25) is 0 Å². The number of nitrogens with one attached hydrogen (secondary N) is 1. The smallest absolute Gasteiger partial charge is 0.340 e. The molecule has 1 N–H and O–H groups in total. The number of hydrogen-bond donors (Lipinski definition) is 1. The summed E-state index contributed by atoms with van der Waals surface area (Å²) in [6, 6.07) is 9.61. The maximum Gasteiger partial charge on any atom is 0.340 e. The van der Waals surface area contributed by atoms with Crippen molar-refractivity contribution in [2.75, 3.05) is 18.5 Å². The van der Waals surface area contributed by atoms with Crippen molar-refractivity contribution in [3.63, 3.8) is 0 Å². The van der Waals surface area contributed by atoms with Crippen LogP contribution in [0.25, 0.3) is 0 Å². The molecule has 0 saturated heterocycles. The number of amides is 1. The number of benzene rings is 2. The topological polar surface area (TPSA) is 90.7 Å². The summed E-state index contributed by atoms with van der Waals surface area (Å²) < 4.78 is 60.3. The summed E-state index contributed by atoms with van der Waals surface area (Å²) in [5.74, 6) is -5.17. The van der Waals surface area contributed by atoms with Crippen LogP contribution in [0.3, 0.4) is 0 Å². The molecule has 0 heterocycles. The van der Waals surface area contributed by atoms with Gasteiger partial charge in [0.1, 0.15) is 11.5 Å². The van der Waals surface area contributed by atoms with E-state index in [1.807, 2.05) is 13.0 Å². The van der Waals surface area contributed by atoms with E-state index in [1.165, 1.54) is 0 Å². The summed E-state index contributed by atoms with van der Waals surface area (Å²) in [6.07, 6.45) is -3.96. The Bertz CT molecular complexity index is 892. The van der Waals surface area contributed by atoms with Crippen LogP contribution in [-0.4, -0.2) is 36.4 Å². The van der Waals surface area contributed by atoms with E-state index in [0.29, 0.717) is 5.75 Å². The maximum atomic E-state index is 13.0. The van der Waals surface area contributed by atoms with Crippen molar-refractivity contribution < 1.29 is 36.8 Å². The number of aryl methyl sites for hydroxylation is 1. The molecule has 7 nitrogen and oxygen atoms in total. The van der Waals surface area contributed by atoms with Gasteiger partial charge in [-0.1, -0.05) is 12.1 Å². The van der Waals surface area contributed by atoms with Crippen LogP contribution in [0.5, 0.6) is 11.5 Å². The number of anilines is 1. The third-order valence-electron chi connectivity index (χ3n) is 3.50. The minimum Gasteiger partial charge on any atom is -0.487 e. The lowest BCUT2D eigenvalue weighted by molar-refractivity contribution is -0.384. The van der Waals surface area contributed by atoms with Crippen molar-refractivity contribution in [3.8, 4) is 11.5 Å². The number of nitrogens with zero attached hydrogens (tertiary/aromatic N) is 1.